The lowest BCUT2D eigenvalue weighted by Crippen LogP contribution is -2.59. The molecule has 0 aromatic heterocycles. The second-order valence-corrected chi connectivity index (χ2v) is 9.24. The highest BCUT2D eigenvalue weighted by Gasteiger charge is 2.51. The Morgan fingerprint density at radius 2 is 1.68 bits per heavy atom. The standard InChI is InChI=1S/C26H33N5O3/c1-3-28-17-22(24-23(18-28)26(33)31(27-24)20-7-5-4-6-8-20)25(32)30-15-13-29(14-16-30)19-9-11-21(34-2)12-10-19/h4-12,22-24,27H,3,13-18H2,1-2H3. The van der Waals surface area contributed by atoms with Gasteiger partial charge in [-0.1, -0.05) is 25.1 Å². The second-order valence-electron chi connectivity index (χ2n) is 9.24. The Morgan fingerprint density at radius 3 is 2.32 bits per heavy atom. The Kier molecular flexibility index (Phi) is 6.43. The van der Waals surface area contributed by atoms with Crippen LogP contribution in [0.25, 0.3) is 0 Å². The summed E-state index contributed by atoms with van der Waals surface area (Å²) in [4.78, 5) is 33.5. The van der Waals surface area contributed by atoms with Gasteiger partial charge in [-0.3, -0.25) is 9.59 Å². The summed E-state index contributed by atoms with van der Waals surface area (Å²) in [5.74, 6) is 0.578. The predicted octanol–water partition coefficient (Wildman–Crippen LogP) is 1.83. The van der Waals surface area contributed by atoms with Crippen LogP contribution in [-0.2, 0) is 9.59 Å². The number of hydrogen-bond donors (Lipinski definition) is 1. The van der Waals surface area contributed by atoms with Crippen molar-refractivity contribution in [2.75, 3.05) is 62.8 Å². The van der Waals surface area contributed by atoms with Crippen molar-refractivity contribution >= 4 is 23.2 Å². The summed E-state index contributed by atoms with van der Waals surface area (Å²) in [5, 5.41) is 1.65. The molecule has 34 heavy (non-hydrogen) atoms. The molecule has 3 aliphatic rings. The number of nitrogens with one attached hydrogen (secondary N) is 1. The number of likely N-dealkylation sites (tertiary alicyclic amines) is 1. The molecule has 0 spiro atoms. The number of benzene rings is 2. The van der Waals surface area contributed by atoms with Crippen molar-refractivity contribution < 1.29 is 14.3 Å². The largest absolute Gasteiger partial charge is 0.497 e. The molecule has 2 aromatic carbocycles. The number of nitrogens with zero attached hydrogens (tertiary/aromatic N) is 4. The lowest BCUT2D eigenvalue weighted by atomic mass is 9.83. The number of hydrogen-bond acceptors (Lipinski definition) is 6. The predicted molar refractivity (Wildman–Crippen MR) is 132 cm³/mol. The molecule has 0 radical (unpaired) electrons. The van der Waals surface area contributed by atoms with Crippen molar-refractivity contribution in [1.29, 1.82) is 0 Å². The molecule has 2 amide bonds. The number of carbonyl (C=O) groups excluding carboxylic acids is 2. The molecule has 0 bridgehead atoms. The molecule has 3 fully saturated rings. The Labute approximate surface area is 201 Å². The van der Waals surface area contributed by atoms with Crippen LogP contribution in [0, 0.1) is 11.8 Å². The minimum Gasteiger partial charge on any atom is -0.497 e. The van der Waals surface area contributed by atoms with Gasteiger partial charge in [-0.05, 0) is 42.9 Å². The molecule has 8 heteroatoms. The van der Waals surface area contributed by atoms with Crippen molar-refractivity contribution in [3.8, 4) is 5.75 Å². The van der Waals surface area contributed by atoms with Crippen LogP contribution in [0.5, 0.6) is 5.75 Å². The monoisotopic (exact) mass is 463 g/mol. The third-order valence-corrected chi connectivity index (χ3v) is 7.40. The quantitative estimate of drug-likeness (QED) is 0.730. The maximum Gasteiger partial charge on any atom is 0.247 e. The first-order chi connectivity index (χ1) is 16.6. The lowest BCUT2D eigenvalue weighted by molar-refractivity contribution is -0.139. The Bertz CT molecular complexity index is 1010. The fraction of sp³-hybridized carbons (Fsp3) is 0.462. The first kappa shape index (κ1) is 22.7. The number of amides is 2. The Hall–Kier alpha value is -3.10. The van der Waals surface area contributed by atoms with Gasteiger partial charge >= 0.3 is 0 Å². The van der Waals surface area contributed by atoms with E-state index in [1.165, 1.54) is 0 Å². The van der Waals surface area contributed by atoms with Crippen LogP contribution in [0.1, 0.15) is 6.92 Å². The number of ether oxygens (including phenoxy) is 1. The molecule has 2 aromatic rings. The summed E-state index contributed by atoms with van der Waals surface area (Å²) in [7, 11) is 1.67. The number of anilines is 2. The van der Waals surface area contributed by atoms with Gasteiger partial charge in [0, 0.05) is 45.0 Å². The Morgan fingerprint density at radius 1 is 0.971 bits per heavy atom. The first-order valence-corrected chi connectivity index (χ1v) is 12.1. The van der Waals surface area contributed by atoms with Gasteiger partial charge in [0.05, 0.1) is 30.7 Å². The van der Waals surface area contributed by atoms with Gasteiger partial charge in [0.25, 0.3) is 0 Å². The molecule has 0 aliphatic carbocycles. The number of hydrazine groups is 1. The molecule has 3 heterocycles. The van der Waals surface area contributed by atoms with Crippen molar-refractivity contribution in [2.45, 2.75) is 13.0 Å². The molecule has 0 saturated carbocycles. The van der Waals surface area contributed by atoms with E-state index in [2.05, 4.69) is 34.3 Å². The molecule has 8 nitrogen and oxygen atoms in total. The molecule has 3 unspecified atom stereocenters. The number of para-hydroxylation sites is 1. The highest BCUT2D eigenvalue weighted by atomic mass is 16.5. The number of methoxy groups -OCH3 is 1. The molecule has 180 valence electrons. The zero-order valence-electron chi connectivity index (χ0n) is 19.9. The fourth-order valence-electron chi connectivity index (χ4n) is 5.41. The summed E-state index contributed by atoms with van der Waals surface area (Å²) in [5.41, 5.74) is 5.37. The van der Waals surface area contributed by atoms with E-state index in [1.807, 2.05) is 47.4 Å². The second kappa shape index (κ2) is 9.64. The van der Waals surface area contributed by atoms with E-state index < -0.39 is 0 Å². The van der Waals surface area contributed by atoms with E-state index in [9.17, 15) is 9.59 Å². The number of fused-ring (bicyclic) bond motifs is 1. The van der Waals surface area contributed by atoms with Gasteiger partial charge in [0.15, 0.2) is 0 Å². The van der Waals surface area contributed by atoms with Crippen molar-refractivity contribution in [3.05, 3.63) is 54.6 Å². The molecule has 3 saturated heterocycles. The summed E-state index contributed by atoms with van der Waals surface area (Å²) in [6, 6.07) is 17.5. The van der Waals surface area contributed by atoms with Crippen LogP contribution >= 0.6 is 0 Å². The maximum atomic E-state index is 13.7. The third kappa shape index (κ3) is 4.23. The zero-order chi connectivity index (χ0) is 23.7. The first-order valence-electron chi connectivity index (χ1n) is 12.1. The topological polar surface area (TPSA) is 68.4 Å². The number of piperidine rings is 1. The van der Waals surface area contributed by atoms with Crippen LogP contribution < -0.4 is 20.1 Å². The van der Waals surface area contributed by atoms with Gasteiger partial charge in [-0.25, -0.2) is 10.4 Å². The fourth-order valence-corrected chi connectivity index (χ4v) is 5.41. The van der Waals surface area contributed by atoms with Crippen molar-refractivity contribution in [3.63, 3.8) is 0 Å². The van der Waals surface area contributed by atoms with Crippen LogP contribution in [0.4, 0.5) is 11.4 Å². The summed E-state index contributed by atoms with van der Waals surface area (Å²) < 4.78 is 5.26. The highest BCUT2D eigenvalue weighted by Crippen LogP contribution is 2.33. The van der Waals surface area contributed by atoms with Crippen molar-refractivity contribution in [1.82, 2.24) is 15.2 Å². The average molecular weight is 464 g/mol. The molecular formula is C26H33N5O3. The summed E-state index contributed by atoms with van der Waals surface area (Å²) in [6.07, 6.45) is 0. The van der Waals surface area contributed by atoms with Gasteiger partial charge in [0.2, 0.25) is 11.8 Å². The van der Waals surface area contributed by atoms with E-state index in [1.54, 1.807) is 12.1 Å². The average Bonchev–Trinajstić information content (AvgIpc) is 3.24. The van der Waals surface area contributed by atoms with Crippen LogP contribution in [0.3, 0.4) is 0 Å². The third-order valence-electron chi connectivity index (χ3n) is 7.40. The normalized spacial score (nSPS) is 25.4. The van der Waals surface area contributed by atoms with Crippen LogP contribution in [0.15, 0.2) is 54.6 Å². The van der Waals surface area contributed by atoms with Gasteiger partial charge in [-0.15, -0.1) is 0 Å². The van der Waals surface area contributed by atoms with Gasteiger partial charge < -0.3 is 19.4 Å². The molecule has 1 N–H and O–H groups in total. The van der Waals surface area contributed by atoms with Crippen molar-refractivity contribution in [2.24, 2.45) is 11.8 Å². The molecule has 3 aliphatic heterocycles. The number of rotatable bonds is 5. The van der Waals surface area contributed by atoms with E-state index in [-0.39, 0.29) is 29.7 Å². The van der Waals surface area contributed by atoms with Crippen LogP contribution in [0.2, 0.25) is 0 Å². The van der Waals surface area contributed by atoms with E-state index >= 15 is 0 Å². The molecular weight excluding hydrogens is 430 g/mol. The summed E-state index contributed by atoms with van der Waals surface area (Å²) >= 11 is 0. The Balaban J connectivity index is 1.28. The zero-order valence-corrected chi connectivity index (χ0v) is 19.9. The van der Waals surface area contributed by atoms with Gasteiger partial charge in [-0.2, -0.15) is 0 Å². The van der Waals surface area contributed by atoms with E-state index in [4.69, 9.17) is 4.74 Å². The minimum atomic E-state index is -0.246. The van der Waals surface area contributed by atoms with E-state index in [0.29, 0.717) is 26.2 Å². The summed E-state index contributed by atoms with van der Waals surface area (Å²) in [6.45, 7) is 7.23. The maximum absolute atomic E-state index is 13.7. The molecule has 3 atom stereocenters. The van der Waals surface area contributed by atoms with Gasteiger partial charge in [0.1, 0.15) is 5.75 Å². The number of carbonyl (C=O) groups is 2. The van der Waals surface area contributed by atoms with E-state index in [0.717, 1.165) is 36.8 Å². The number of piperazine rings is 1. The smallest absolute Gasteiger partial charge is 0.247 e. The molecule has 5 rings (SSSR count). The highest BCUT2D eigenvalue weighted by molar-refractivity contribution is 5.98. The minimum absolute atomic E-state index is 0.0523. The lowest BCUT2D eigenvalue weighted by Gasteiger charge is -2.42. The SMILES string of the molecule is CCN1CC(C(=O)N2CCN(c3ccc(OC)cc3)CC2)C2NN(c3ccccc3)C(=O)C2C1. The van der Waals surface area contributed by atoms with Crippen LogP contribution in [-0.4, -0.2) is 80.6 Å².